The fourth-order valence-electron chi connectivity index (χ4n) is 1.75. The van der Waals surface area contributed by atoms with Gasteiger partial charge in [0.05, 0.1) is 11.6 Å². The average molecular weight is 301 g/mol. The fraction of sp³-hybridized carbons (Fsp3) is 0.857. The van der Waals surface area contributed by atoms with Crippen molar-refractivity contribution < 1.29 is 9.53 Å². The lowest BCUT2D eigenvalue weighted by atomic mass is 10.3. The standard InChI is InChI=1S/C14H27N3O2S/c1-16(9-10-19-11-12-3-4-12)7-6-14(18)17(2)8-5-13(15)20/h12H,3-11H2,1-2H3,(H2,15,20). The Morgan fingerprint density at radius 3 is 2.55 bits per heavy atom. The van der Waals surface area contributed by atoms with E-state index in [0.717, 1.165) is 32.2 Å². The lowest BCUT2D eigenvalue weighted by Crippen LogP contribution is -2.33. The summed E-state index contributed by atoms with van der Waals surface area (Å²) >= 11 is 4.81. The third-order valence-electron chi connectivity index (χ3n) is 3.49. The van der Waals surface area contributed by atoms with Crippen LogP contribution in [0.15, 0.2) is 0 Å². The molecule has 0 atom stereocenters. The maximum atomic E-state index is 11.9. The Bertz CT molecular complexity index is 322. The molecular formula is C14H27N3O2S. The zero-order chi connectivity index (χ0) is 15.0. The first-order valence-corrected chi connectivity index (χ1v) is 7.68. The SMILES string of the molecule is CN(CCOCC1CC1)CCC(=O)N(C)CCC(N)=S. The van der Waals surface area contributed by atoms with Crippen LogP contribution < -0.4 is 5.73 Å². The molecule has 20 heavy (non-hydrogen) atoms. The van der Waals surface area contributed by atoms with Crippen LogP contribution in [0.25, 0.3) is 0 Å². The molecule has 2 N–H and O–H groups in total. The van der Waals surface area contributed by atoms with Crippen LogP contribution in [0.4, 0.5) is 0 Å². The number of carbonyl (C=O) groups is 1. The van der Waals surface area contributed by atoms with Crippen molar-refractivity contribution >= 4 is 23.1 Å². The summed E-state index contributed by atoms with van der Waals surface area (Å²) in [7, 11) is 3.81. The molecule has 5 nitrogen and oxygen atoms in total. The van der Waals surface area contributed by atoms with Crippen LogP contribution in [-0.2, 0) is 9.53 Å². The lowest BCUT2D eigenvalue weighted by Gasteiger charge is -2.20. The van der Waals surface area contributed by atoms with Crippen LogP contribution in [0.5, 0.6) is 0 Å². The van der Waals surface area contributed by atoms with Gasteiger partial charge in [0, 0.05) is 46.1 Å². The van der Waals surface area contributed by atoms with E-state index >= 15 is 0 Å². The molecule has 0 radical (unpaired) electrons. The summed E-state index contributed by atoms with van der Waals surface area (Å²) in [5.74, 6) is 0.941. The maximum absolute atomic E-state index is 11.9. The second kappa shape index (κ2) is 9.26. The smallest absolute Gasteiger partial charge is 0.223 e. The van der Waals surface area contributed by atoms with Gasteiger partial charge in [0.2, 0.25) is 5.91 Å². The number of hydrogen-bond acceptors (Lipinski definition) is 4. The minimum Gasteiger partial charge on any atom is -0.393 e. The van der Waals surface area contributed by atoms with Gasteiger partial charge in [-0.05, 0) is 25.8 Å². The minimum absolute atomic E-state index is 0.131. The molecule has 6 heteroatoms. The van der Waals surface area contributed by atoms with E-state index < -0.39 is 0 Å². The molecule has 0 heterocycles. The van der Waals surface area contributed by atoms with Gasteiger partial charge in [-0.15, -0.1) is 0 Å². The van der Waals surface area contributed by atoms with Gasteiger partial charge in [-0.1, -0.05) is 12.2 Å². The predicted molar refractivity (Wildman–Crippen MR) is 84.7 cm³/mol. The largest absolute Gasteiger partial charge is 0.393 e. The lowest BCUT2D eigenvalue weighted by molar-refractivity contribution is -0.130. The molecule has 0 spiro atoms. The summed E-state index contributed by atoms with van der Waals surface area (Å²) in [6, 6.07) is 0. The topological polar surface area (TPSA) is 58.8 Å². The van der Waals surface area contributed by atoms with Crippen molar-refractivity contribution in [1.82, 2.24) is 9.80 Å². The molecular weight excluding hydrogens is 274 g/mol. The van der Waals surface area contributed by atoms with E-state index in [1.165, 1.54) is 12.8 Å². The van der Waals surface area contributed by atoms with Crippen LogP contribution in [0.2, 0.25) is 0 Å². The van der Waals surface area contributed by atoms with Crippen molar-refractivity contribution in [1.29, 1.82) is 0 Å². The predicted octanol–water partition coefficient (Wildman–Crippen LogP) is 0.870. The Morgan fingerprint density at radius 1 is 1.25 bits per heavy atom. The van der Waals surface area contributed by atoms with E-state index in [-0.39, 0.29) is 5.91 Å². The third-order valence-corrected chi connectivity index (χ3v) is 3.70. The van der Waals surface area contributed by atoms with E-state index in [0.29, 0.717) is 24.4 Å². The van der Waals surface area contributed by atoms with Gasteiger partial charge < -0.3 is 20.3 Å². The first kappa shape index (κ1) is 17.3. The summed E-state index contributed by atoms with van der Waals surface area (Å²) in [5.41, 5.74) is 5.43. The maximum Gasteiger partial charge on any atom is 0.223 e. The van der Waals surface area contributed by atoms with Crippen LogP contribution in [-0.4, -0.2) is 67.6 Å². The summed E-state index contributed by atoms with van der Waals surface area (Å²) in [6.45, 7) is 3.87. The van der Waals surface area contributed by atoms with Gasteiger partial charge in [-0.2, -0.15) is 0 Å². The van der Waals surface area contributed by atoms with Crippen molar-refractivity contribution in [2.45, 2.75) is 25.7 Å². The minimum atomic E-state index is 0.131. The second-order valence-corrected chi connectivity index (χ2v) is 6.13. The highest BCUT2D eigenvalue weighted by atomic mass is 32.1. The van der Waals surface area contributed by atoms with Crippen molar-refractivity contribution in [3.63, 3.8) is 0 Å². The number of rotatable bonds is 11. The Balaban J connectivity index is 2.01. The monoisotopic (exact) mass is 301 g/mol. The van der Waals surface area contributed by atoms with E-state index in [4.69, 9.17) is 22.7 Å². The molecule has 1 fully saturated rings. The molecule has 1 saturated carbocycles. The number of thiocarbonyl (C=S) groups is 1. The Labute approximate surface area is 127 Å². The van der Waals surface area contributed by atoms with Crippen molar-refractivity contribution in [3.05, 3.63) is 0 Å². The van der Waals surface area contributed by atoms with Crippen LogP contribution in [0, 0.1) is 5.92 Å². The van der Waals surface area contributed by atoms with E-state index in [1.807, 2.05) is 7.05 Å². The average Bonchev–Trinajstić information content (AvgIpc) is 3.22. The third kappa shape index (κ3) is 8.45. The molecule has 0 bridgehead atoms. The number of ether oxygens (including phenoxy) is 1. The molecule has 116 valence electrons. The quantitative estimate of drug-likeness (QED) is 0.453. The van der Waals surface area contributed by atoms with Gasteiger partial charge in [0.1, 0.15) is 0 Å². The zero-order valence-electron chi connectivity index (χ0n) is 12.6. The molecule has 1 amide bonds. The van der Waals surface area contributed by atoms with Crippen LogP contribution in [0.1, 0.15) is 25.7 Å². The molecule has 0 saturated heterocycles. The highest BCUT2D eigenvalue weighted by Crippen LogP contribution is 2.28. The number of carbonyl (C=O) groups excluding carboxylic acids is 1. The van der Waals surface area contributed by atoms with Crippen LogP contribution >= 0.6 is 12.2 Å². The highest BCUT2D eigenvalue weighted by Gasteiger charge is 2.21. The van der Waals surface area contributed by atoms with Crippen molar-refractivity contribution in [2.75, 3.05) is 46.9 Å². The number of likely N-dealkylation sites (N-methyl/N-ethyl adjacent to an activating group) is 1. The summed E-state index contributed by atoms with van der Waals surface area (Å²) in [4.78, 5) is 16.1. The molecule has 0 unspecified atom stereocenters. The number of nitrogens with two attached hydrogens (primary N) is 1. The number of amides is 1. The molecule has 1 aliphatic carbocycles. The summed E-state index contributed by atoms with van der Waals surface area (Å²) in [5, 5.41) is 0. The van der Waals surface area contributed by atoms with E-state index in [1.54, 1.807) is 11.9 Å². The van der Waals surface area contributed by atoms with Crippen molar-refractivity contribution in [2.24, 2.45) is 11.7 Å². The van der Waals surface area contributed by atoms with Gasteiger partial charge in [0.15, 0.2) is 0 Å². The number of nitrogens with zero attached hydrogens (tertiary/aromatic N) is 2. The molecule has 1 aliphatic rings. The summed E-state index contributed by atoms with van der Waals surface area (Å²) in [6.07, 6.45) is 3.75. The molecule has 0 aromatic rings. The fourth-order valence-corrected chi connectivity index (χ4v) is 1.84. The normalized spacial score (nSPS) is 14.6. The van der Waals surface area contributed by atoms with E-state index in [9.17, 15) is 4.79 Å². The Kier molecular flexibility index (Phi) is 8.02. The molecule has 0 aliphatic heterocycles. The molecule has 1 rings (SSSR count). The van der Waals surface area contributed by atoms with Gasteiger partial charge in [-0.25, -0.2) is 0 Å². The first-order chi connectivity index (χ1) is 9.49. The van der Waals surface area contributed by atoms with Gasteiger partial charge in [0.25, 0.3) is 0 Å². The summed E-state index contributed by atoms with van der Waals surface area (Å²) < 4.78 is 5.58. The van der Waals surface area contributed by atoms with Crippen molar-refractivity contribution in [3.8, 4) is 0 Å². The second-order valence-electron chi connectivity index (χ2n) is 5.60. The van der Waals surface area contributed by atoms with Gasteiger partial charge >= 0.3 is 0 Å². The molecule has 0 aromatic heterocycles. The number of hydrogen-bond donors (Lipinski definition) is 1. The zero-order valence-corrected chi connectivity index (χ0v) is 13.5. The van der Waals surface area contributed by atoms with E-state index in [2.05, 4.69) is 4.90 Å². The highest BCUT2D eigenvalue weighted by molar-refractivity contribution is 7.80. The Morgan fingerprint density at radius 2 is 1.95 bits per heavy atom. The van der Waals surface area contributed by atoms with Crippen LogP contribution in [0.3, 0.4) is 0 Å². The Hall–Kier alpha value is -0.720. The molecule has 0 aromatic carbocycles. The first-order valence-electron chi connectivity index (χ1n) is 7.27. The van der Waals surface area contributed by atoms with Gasteiger partial charge in [-0.3, -0.25) is 4.79 Å².